The van der Waals surface area contributed by atoms with E-state index in [1.54, 1.807) is 0 Å². The molecule has 2 amide bonds. The molecule has 1 heterocycles. The molecule has 0 bridgehead atoms. The summed E-state index contributed by atoms with van der Waals surface area (Å²) in [6, 6.07) is 10.4. The highest BCUT2D eigenvalue weighted by Crippen LogP contribution is 2.25. The summed E-state index contributed by atoms with van der Waals surface area (Å²) >= 11 is 0. The van der Waals surface area contributed by atoms with E-state index in [1.165, 1.54) is 0 Å². The molecule has 2 aromatic carbocycles. The van der Waals surface area contributed by atoms with Gasteiger partial charge in [0.1, 0.15) is 11.6 Å². The first kappa shape index (κ1) is 22.7. The van der Waals surface area contributed by atoms with Gasteiger partial charge in [-0.05, 0) is 49.9 Å². The number of hydrogen-bond acceptors (Lipinski definition) is 3. The molecule has 2 N–H and O–H groups in total. The minimum Gasteiger partial charge on any atom is -0.371 e. The van der Waals surface area contributed by atoms with Gasteiger partial charge < -0.3 is 15.5 Å². The summed E-state index contributed by atoms with van der Waals surface area (Å²) in [4.78, 5) is 27.3. The van der Waals surface area contributed by atoms with Gasteiger partial charge in [-0.15, -0.1) is 0 Å². The smallest absolute Gasteiger partial charge is 0.254 e. The van der Waals surface area contributed by atoms with Gasteiger partial charge in [0.15, 0.2) is 0 Å². The zero-order valence-electron chi connectivity index (χ0n) is 18.1. The average Bonchev–Trinajstić information content (AvgIpc) is 2.74. The second kappa shape index (κ2) is 9.90. The lowest BCUT2D eigenvalue weighted by Crippen LogP contribution is -2.45. The SMILES string of the molecule is CC(C)[C@@H](C)NC(=O)c1ccccc1N1CCC(NC(=O)c2ccc(F)cc2F)CC1. The molecule has 3 rings (SSSR count). The molecule has 0 radical (unpaired) electrons. The Morgan fingerprint density at radius 2 is 1.65 bits per heavy atom. The number of amides is 2. The van der Waals surface area contributed by atoms with Crippen LogP contribution in [0, 0.1) is 17.6 Å². The van der Waals surface area contributed by atoms with E-state index < -0.39 is 17.5 Å². The Morgan fingerprint density at radius 3 is 2.29 bits per heavy atom. The Morgan fingerprint density at radius 1 is 0.968 bits per heavy atom. The van der Waals surface area contributed by atoms with Crippen LogP contribution in [0.3, 0.4) is 0 Å². The topological polar surface area (TPSA) is 61.4 Å². The second-order valence-electron chi connectivity index (χ2n) is 8.38. The van der Waals surface area contributed by atoms with Crippen molar-refractivity contribution in [3.63, 3.8) is 0 Å². The number of hydrogen-bond donors (Lipinski definition) is 2. The predicted octanol–water partition coefficient (Wildman–Crippen LogP) is 4.14. The van der Waals surface area contributed by atoms with Crippen molar-refractivity contribution in [1.82, 2.24) is 10.6 Å². The molecule has 0 aliphatic carbocycles. The minimum absolute atomic E-state index is 0.0633. The fourth-order valence-corrected chi connectivity index (χ4v) is 3.59. The van der Waals surface area contributed by atoms with E-state index in [9.17, 15) is 18.4 Å². The first-order valence-corrected chi connectivity index (χ1v) is 10.7. The summed E-state index contributed by atoms with van der Waals surface area (Å²) in [5, 5.41) is 5.89. The highest BCUT2D eigenvalue weighted by atomic mass is 19.1. The van der Waals surface area contributed by atoms with Crippen molar-refractivity contribution in [3.05, 3.63) is 65.2 Å². The predicted molar refractivity (Wildman–Crippen MR) is 117 cm³/mol. The third-order valence-electron chi connectivity index (χ3n) is 5.85. The number of piperidine rings is 1. The zero-order chi connectivity index (χ0) is 22.5. The largest absolute Gasteiger partial charge is 0.371 e. The van der Waals surface area contributed by atoms with Crippen LogP contribution >= 0.6 is 0 Å². The fourth-order valence-electron chi connectivity index (χ4n) is 3.59. The number of carbonyl (C=O) groups is 2. The Hall–Kier alpha value is -2.96. The summed E-state index contributed by atoms with van der Waals surface area (Å²) in [5.41, 5.74) is 1.33. The van der Waals surface area contributed by atoms with Gasteiger partial charge >= 0.3 is 0 Å². The maximum Gasteiger partial charge on any atom is 0.254 e. The van der Waals surface area contributed by atoms with Crippen molar-refractivity contribution < 1.29 is 18.4 Å². The van der Waals surface area contributed by atoms with Crippen LogP contribution in [0.15, 0.2) is 42.5 Å². The lowest BCUT2D eigenvalue weighted by atomic mass is 10.0. The molecule has 0 aromatic heterocycles. The molecule has 0 spiro atoms. The van der Waals surface area contributed by atoms with Crippen molar-refractivity contribution in [2.45, 2.75) is 45.7 Å². The summed E-state index contributed by atoms with van der Waals surface area (Å²) in [7, 11) is 0. The molecule has 1 aliphatic rings. The summed E-state index contributed by atoms with van der Waals surface area (Å²) in [6.45, 7) is 7.42. The van der Waals surface area contributed by atoms with Crippen molar-refractivity contribution in [2.24, 2.45) is 5.92 Å². The molecule has 0 unspecified atom stereocenters. The number of para-hydroxylation sites is 1. The Bertz CT molecular complexity index is 940. The van der Waals surface area contributed by atoms with Gasteiger partial charge in [-0.25, -0.2) is 8.78 Å². The van der Waals surface area contributed by atoms with E-state index in [0.29, 0.717) is 43.5 Å². The van der Waals surface area contributed by atoms with Gasteiger partial charge in [0, 0.05) is 36.9 Å². The first-order chi connectivity index (χ1) is 14.8. The van der Waals surface area contributed by atoms with Crippen LogP contribution < -0.4 is 15.5 Å². The quantitative estimate of drug-likeness (QED) is 0.726. The lowest BCUT2D eigenvalue weighted by molar-refractivity contribution is 0.0922. The molecule has 1 saturated heterocycles. The van der Waals surface area contributed by atoms with Crippen LogP contribution in [-0.2, 0) is 0 Å². The highest BCUT2D eigenvalue weighted by molar-refractivity contribution is 6.00. The van der Waals surface area contributed by atoms with E-state index in [2.05, 4.69) is 29.4 Å². The van der Waals surface area contributed by atoms with Gasteiger partial charge in [-0.3, -0.25) is 9.59 Å². The normalized spacial score (nSPS) is 15.6. The van der Waals surface area contributed by atoms with Crippen molar-refractivity contribution in [2.75, 3.05) is 18.0 Å². The number of rotatable bonds is 6. The summed E-state index contributed by atoms with van der Waals surface area (Å²) < 4.78 is 26.9. The molecule has 0 saturated carbocycles. The van der Waals surface area contributed by atoms with Crippen LogP contribution in [-0.4, -0.2) is 37.0 Å². The van der Waals surface area contributed by atoms with Gasteiger partial charge in [0.25, 0.3) is 11.8 Å². The number of halogens is 2. The van der Waals surface area contributed by atoms with Crippen LogP contribution in [0.25, 0.3) is 0 Å². The van der Waals surface area contributed by atoms with Gasteiger partial charge in [0.2, 0.25) is 0 Å². The third-order valence-corrected chi connectivity index (χ3v) is 5.85. The van der Waals surface area contributed by atoms with E-state index in [-0.39, 0.29) is 23.6 Å². The summed E-state index contributed by atoms with van der Waals surface area (Å²) in [5.74, 6) is -1.89. The third kappa shape index (κ3) is 5.60. The van der Waals surface area contributed by atoms with Crippen LogP contribution in [0.5, 0.6) is 0 Å². The molecular weight excluding hydrogens is 400 g/mol. The molecule has 7 heteroatoms. The molecule has 31 heavy (non-hydrogen) atoms. The first-order valence-electron chi connectivity index (χ1n) is 10.7. The maximum atomic E-state index is 13.9. The van der Waals surface area contributed by atoms with Gasteiger partial charge in [-0.2, -0.15) is 0 Å². The van der Waals surface area contributed by atoms with E-state index >= 15 is 0 Å². The molecule has 166 valence electrons. The number of benzene rings is 2. The molecule has 1 aliphatic heterocycles. The van der Waals surface area contributed by atoms with Gasteiger partial charge in [0.05, 0.1) is 11.1 Å². The lowest BCUT2D eigenvalue weighted by Gasteiger charge is -2.35. The van der Waals surface area contributed by atoms with Crippen LogP contribution in [0.1, 0.15) is 54.3 Å². The molecule has 1 fully saturated rings. The van der Waals surface area contributed by atoms with Crippen LogP contribution in [0.4, 0.5) is 14.5 Å². The van der Waals surface area contributed by atoms with Crippen molar-refractivity contribution in [3.8, 4) is 0 Å². The van der Waals surface area contributed by atoms with E-state index in [4.69, 9.17) is 0 Å². The molecular formula is C24H29F2N3O2. The highest BCUT2D eigenvalue weighted by Gasteiger charge is 2.25. The maximum absolute atomic E-state index is 13.9. The number of nitrogens with one attached hydrogen (secondary N) is 2. The van der Waals surface area contributed by atoms with E-state index in [0.717, 1.165) is 17.8 Å². The summed E-state index contributed by atoms with van der Waals surface area (Å²) in [6.07, 6.45) is 1.32. The Kier molecular flexibility index (Phi) is 7.25. The Labute approximate surface area is 181 Å². The second-order valence-corrected chi connectivity index (χ2v) is 8.38. The van der Waals surface area contributed by atoms with Gasteiger partial charge in [-0.1, -0.05) is 26.0 Å². The molecule has 5 nitrogen and oxygen atoms in total. The number of nitrogens with zero attached hydrogens (tertiary/aromatic N) is 1. The minimum atomic E-state index is -0.870. The molecule has 1 atom stereocenters. The standard InChI is InChI=1S/C24H29F2N3O2/c1-15(2)16(3)27-24(31)20-6-4-5-7-22(20)29-12-10-18(11-13-29)28-23(30)19-9-8-17(25)14-21(19)26/h4-9,14-16,18H,10-13H2,1-3H3,(H,27,31)(H,28,30)/t16-/m1/s1. The number of carbonyl (C=O) groups excluding carboxylic acids is 2. The van der Waals surface area contributed by atoms with E-state index in [1.807, 2.05) is 31.2 Å². The molecule has 2 aromatic rings. The average molecular weight is 430 g/mol. The number of anilines is 1. The zero-order valence-corrected chi connectivity index (χ0v) is 18.1. The van der Waals surface area contributed by atoms with Crippen molar-refractivity contribution >= 4 is 17.5 Å². The Balaban J connectivity index is 1.62. The van der Waals surface area contributed by atoms with Crippen molar-refractivity contribution in [1.29, 1.82) is 0 Å². The van der Waals surface area contributed by atoms with Crippen LogP contribution in [0.2, 0.25) is 0 Å². The fraction of sp³-hybridized carbons (Fsp3) is 0.417. The monoisotopic (exact) mass is 429 g/mol.